The fourth-order valence-corrected chi connectivity index (χ4v) is 1.75. The van der Waals surface area contributed by atoms with Crippen LogP contribution in [-0.2, 0) is 0 Å². The van der Waals surface area contributed by atoms with Gasteiger partial charge in [0, 0.05) is 31.7 Å². The lowest BCUT2D eigenvalue weighted by molar-refractivity contribution is 0.548. The molecule has 90 valence electrons. The Morgan fingerprint density at radius 2 is 2.12 bits per heavy atom. The summed E-state index contributed by atoms with van der Waals surface area (Å²) in [6, 6.07) is 1.86. The van der Waals surface area contributed by atoms with Crippen molar-refractivity contribution in [3.05, 3.63) is 12.3 Å². The van der Waals surface area contributed by atoms with Gasteiger partial charge in [-0.1, -0.05) is 0 Å². The summed E-state index contributed by atoms with van der Waals surface area (Å²) in [5, 5.41) is 3.35. The molecule has 0 fully saturated rings. The first kappa shape index (κ1) is 13.0. The van der Waals surface area contributed by atoms with Crippen molar-refractivity contribution < 1.29 is 0 Å². The average molecular weight is 243 g/mol. The van der Waals surface area contributed by atoms with E-state index in [0.717, 1.165) is 12.2 Å². The van der Waals surface area contributed by atoms with Crippen molar-refractivity contribution in [2.75, 3.05) is 30.2 Å². The average Bonchev–Trinajstić information content (AvgIpc) is 2.17. The molecule has 0 aliphatic carbocycles. The standard InChI is InChI=1S/C11H19ClN4/c1-11(2,6-7-12)15-9-5-8-13-10(14-9)16(3)4/h5,8H,6-7H2,1-4H3,(H,13,14,15). The van der Waals surface area contributed by atoms with Crippen LogP contribution in [0.1, 0.15) is 20.3 Å². The lowest BCUT2D eigenvalue weighted by Gasteiger charge is -2.26. The van der Waals surface area contributed by atoms with Crippen molar-refractivity contribution in [3.8, 4) is 0 Å². The third-order valence-electron chi connectivity index (χ3n) is 2.23. The smallest absolute Gasteiger partial charge is 0.226 e. The molecule has 4 nitrogen and oxygen atoms in total. The van der Waals surface area contributed by atoms with Crippen molar-refractivity contribution >= 4 is 23.4 Å². The van der Waals surface area contributed by atoms with Crippen molar-refractivity contribution in [2.24, 2.45) is 0 Å². The molecule has 0 radical (unpaired) electrons. The molecule has 0 spiro atoms. The van der Waals surface area contributed by atoms with E-state index in [1.807, 2.05) is 25.1 Å². The SMILES string of the molecule is CN(C)c1nccc(NC(C)(C)CCCl)n1. The van der Waals surface area contributed by atoms with Gasteiger partial charge in [-0.25, -0.2) is 4.98 Å². The lowest BCUT2D eigenvalue weighted by Crippen LogP contribution is -2.32. The summed E-state index contributed by atoms with van der Waals surface area (Å²) in [6.07, 6.45) is 2.64. The van der Waals surface area contributed by atoms with Gasteiger partial charge >= 0.3 is 0 Å². The molecule has 1 aromatic heterocycles. The highest BCUT2D eigenvalue weighted by molar-refractivity contribution is 6.17. The molecule has 16 heavy (non-hydrogen) atoms. The zero-order valence-electron chi connectivity index (χ0n) is 10.3. The molecule has 0 aromatic carbocycles. The van der Waals surface area contributed by atoms with Gasteiger partial charge in [-0.2, -0.15) is 4.98 Å². The Kier molecular flexibility index (Phi) is 4.35. The minimum atomic E-state index is -0.0559. The molecule has 0 aliphatic heterocycles. The van der Waals surface area contributed by atoms with Crippen molar-refractivity contribution in [1.29, 1.82) is 0 Å². The first-order chi connectivity index (χ1) is 7.44. The first-order valence-electron chi connectivity index (χ1n) is 5.29. The van der Waals surface area contributed by atoms with Gasteiger partial charge in [0.15, 0.2) is 0 Å². The minimum absolute atomic E-state index is 0.0559. The Bertz CT molecular complexity index is 339. The van der Waals surface area contributed by atoms with Crippen LogP contribution in [0.25, 0.3) is 0 Å². The highest BCUT2D eigenvalue weighted by atomic mass is 35.5. The summed E-state index contributed by atoms with van der Waals surface area (Å²) >= 11 is 5.75. The van der Waals surface area contributed by atoms with Crippen molar-refractivity contribution in [2.45, 2.75) is 25.8 Å². The van der Waals surface area contributed by atoms with Crippen LogP contribution < -0.4 is 10.2 Å². The van der Waals surface area contributed by atoms with Crippen LogP contribution in [0.4, 0.5) is 11.8 Å². The summed E-state index contributed by atoms with van der Waals surface area (Å²) < 4.78 is 0. The van der Waals surface area contributed by atoms with E-state index in [1.54, 1.807) is 6.20 Å². The largest absolute Gasteiger partial charge is 0.365 e. The molecular weight excluding hydrogens is 224 g/mol. The molecule has 0 aliphatic rings. The fourth-order valence-electron chi connectivity index (χ4n) is 1.28. The topological polar surface area (TPSA) is 41.1 Å². The molecule has 0 saturated carbocycles. The quantitative estimate of drug-likeness (QED) is 0.805. The molecule has 5 heteroatoms. The van der Waals surface area contributed by atoms with Gasteiger partial charge in [0.1, 0.15) is 5.82 Å². The maximum absolute atomic E-state index is 5.75. The number of hydrogen-bond donors (Lipinski definition) is 1. The Morgan fingerprint density at radius 3 is 2.69 bits per heavy atom. The molecule has 0 atom stereocenters. The zero-order chi connectivity index (χ0) is 12.2. The van der Waals surface area contributed by atoms with Crippen LogP contribution in [0.15, 0.2) is 12.3 Å². The van der Waals surface area contributed by atoms with Gasteiger partial charge in [0.2, 0.25) is 5.95 Å². The minimum Gasteiger partial charge on any atom is -0.365 e. The molecule has 1 heterocycles. The van der Waals surface area contributed by atoms with Crippen LogP contribution in [0, 0.1) is 0 Å². The maximum Gasteiger partial charge on any atom is 0.226 e. The van der Waals surface area contributed by atoms with Crippen LogP contribution in [0.5, 0.6) is 0 Å². The second-order valence-electron chi connectivity index (χ2n) is 4.58. The molecule has 1 N–H and O–H groups in total. The number of nitrogens with zero attached hydrogens (tertiary/aromatic N) is 3. The Morgan fingerprint density at radius 1 is 1.44 bits per heavy atom. The number of rotatable bonds is 5. The Labute approximate surface area is 102 Å². The monoisotopic (exact) mass is 242 g/mol. The van der Waals surface area contributed by atoms with Crippen LogP contribution >= 0.6 is 11.6 Å². The van der Waals surface area contributed by atoms with E-state index in [-0.39, 0.29) is 5.54 Å². The summed E-state index contributed by atoms with van der Waals surface area (Å²) in [5.74, 6) is 2.16. The second kappa shape index (κ2) is 5.34. The molecule has 1 aromatic rings. The number of alkyl halides is 1. The number of hydrogen-bond acceptors (Lipinski definition) is 4. The van der Waals surface area contributed by atoms with Gasteiger partial charge in [-0.05, 0) is 26.3 Å². The zero-order valence-corrected chi connectivity index (χ0v) is 11.0. The van der Waals surface area contributed by atoms with Crippen LogP contribution in [0.2, 0.25) is 0 Å². The van der Waals surface area contributed by atoms with Gasteiger partial charge in [-0.3, -0.25) is 0 Å². The van der Waals surface area contributed by atoms with E-state index < -0.39 is 0 Å². The predicted octanol–water partition coefficient (Wildman–Crippen LogP) is 2.36. The van der Waals surface area contributed by atoms with E-state index in [9.17, 15) is 0 Å². The predicted molar refractivity (Wildman–Crippen MR) is 69.4 cm³/mol. The Hall–Kier alpha value is -1.03. The summed E-state index contributed by atoms with van der Waals surface area (Å²) in [5.41, 5.74) is -0.0559. The molecule has 0 unspecified atom stereocenters. The number of halogens is 1. The second-order valence-corrected chi connectivity index (χ2v) is 4.96. The van der Waals surface area contributed by atoms with Gasteiger partial charge in [0.25, 0.3) is 0 Å². The highest BCUT2D eigenvalue weighted by Gasteiger charge is 2.17. The Balaban J connectivity index is 2.77. The third kappa shape index (κ3) is 3.85. The molecule has 0 bridgehead atoms. The van der Waals surface area contributed by atoms with Crippen LogP contribution in [-0.4, -0.2) is 35.5 Å². The van der Waals surface area contributed by atoms with E-state index >= 15 is 0 Å². The first-order valence-corrected chi connectivity index (χ1v) is 5.82. The van der Waals surface area contributed by atoms with Gasteiger partial charge < -0.3 is 10.2 Å². The fraction of sp³-hybridized carbons (Fsp3) is 0.636. The van der Waals surface area contributed by atoms with E-state index in [4.69, 9.17) is 11.6 Å². The molecule has 0 amide bonds. The molecule has 1 rings (SSSR count). The van der Waals surface area contributed by atoms with E-state index in [0.29, 0.717) is 11.8 Å². The lowest BCUT2D eigenvalue weighted by atomic mass is 10.0. The van der Waals surface area contributed by atoms with Gasteiger partial charge in [-0.15, -0.1) is 11.6 Å². The van der Waals surface area contributed by atoms with Crippen molar-refractivity contribution in [3.63, 3.8) is 0 Å². The summed E-state index contributed by atoms with van der Waals surface area (Å²) in [7, 11) is 3.84. The van der Waals surface area contributed by atoms with E-state index in [1.165, 1.54) is 0 Å². The van der Waals surface area contributed by atoms with E-state index in [2.05, 4.69) is 29.1 Å². The molecule has 0 saturated heterocycles. The number of aromatic nitrogens is 2. The van der Waals surface area contributed by atoms with Gasteiger partial charge in [0.05, 0.1) is 0 Å². The normalized spacial score (nSPS) is 11.3. The third-order valence-corrected chi connectivity index (χ3v) is 2.42. The summed E-state index contributed by atoms with van der Waals surface area (Å²) in [6.45, 7) is 4.21. The molecular formula is C11H19ClN4. The van der Waals surface area contributed by atoms with Crippen LogP contribution in [0.3, 0.4) is 0 Å². The number of anilines is 2. The highest BCUT2D eigenvalue weighted by Crippen LogP contribution is 2.17. The van der Waals surface area contributed by atoms with Crippen molar-refractivity contribution in [1.82, 2.24) is 9.97 Å². The summed E-state index contributed by atoms with van der Waals surface area (Å²) in [4.78, 5) is 10.4. The number of nitrogens with one attached hydrogen (secondary N) is 1. The maximum atomic E-state index is 5.75.